The summed E-state index contributed by atoms with van der Waals surface area (Å²) in [6.07, 6.45) is 8.10. The SMILES string of the molecule is CCCC[C@H](NC(N)=O)C(=O)N1CCC[C@@H]1c1cnn(C)c1. The number of unbranched alkanes of at least 4 members (excludes halogenated alkanes) is 1. The number of primary amides is 1. The van der Waals surface area contributed by atoms with E-state index < -0.39 is 12.1 Å². The highest BCUT2D eigenvalue weighted by Crippen LogP contribution is 2.32. The third-order valence-electron chi connectivity index (χ3n) is 4.11. The molecule has 1 aromatic heterocycles. The maximum Gasteiger partial charge on any atom is 0.312 e. The smallest absolute Gasteiger partial charge is 0.312 e. The van der Waals surface area contributed by atoms with E-state index >= 15 is 0 Å². The van der Waals surface area contributed by atoms with Crippen LogP contribution >= 0.6 is 0 Å². The number of urea groups is 1. The van der Waals surface area contributed by atoms with Gasteiger partial charge in [-0.25, -0.2) is 4.79 Å². The van der Waals surface area contributed by atoms with Crippen molar-refractivity contribution in [2.45, 2.75) is 51.1 Å². The molecule has 2 heterocycles. The van der Waals surface area contributed by atoms with Gasteiger partial charge in [-0.2, -0.15) is 5.10 Å². The van der Waals surface area contributed by atoms with Crippen LogP contribution in [-0.2, 0) is 11.8 Å². The molecule has 7 heteroatoms. The maximum atomic E-state index is 12.8. The van der Waals surface area contributed by atoms with E-state index in [4.69, 9.17) is 5.73 Å². The predicted molar refractivity (Wildman–Crippen MR) is 82.9 cm³/mol. The summed E-state index contributed by atoms with van der Waals surface area (Å²) in [5.74, 6) is -0.0430. The molecule has 0 aromatic carbocycles. The molecule has 22 heavy (non-hydrogen) atoms. The van der Waals surface area contributed by atoms with Gasteiger partial charge in [0.25, 0.3) is 0 Å². The average Bonchev–Trinajstić information content (AvgIpc) is 3.10. The monoisotopic (exact) mass is 307 g/mol. The van der Waals surface area contributed by atoms with Gasteiger partial charge < -0.3 is 16.0 Å². The number of aryl methyl sites for hydroxylation is 1. The molecule has 1 aromatic rings. The molecule has 2 rings (SSSR count). The number of rotatable bonds is 6. The topological polar surface area (TPSA) is 93.2 Å². The van der Waals surface area contributed by atoms with Crippen LogP contribution in [0.3, 0.4) is 0 Å². The summed E-state index contributed by atoms with van der Waals surface area (Å²) in [4.78, 5) is 25.8. The molecule has 0 bridgehead atoms. The molecule has 0 aliphatic carbocycles. The highest BCUT2D eigenvalue weighted by molar-refractivity contribution is 5.87. The van der Waals surface area contributed by atoms with Gasteiger partial charge >= 0.3 is 6.03 Å². The van der Waals surface area contributed by atoms with Gasteiger partial charge in [0.15, 0.2) is 0 Å². The number of carbonyl (C=O) groups is 2. The molecule has 0 radical (unpaired) electrons. The highest BCUT2D eigenvalue weighted by atomic mass is 16.2. The number of likely N-dealkylation sites (tertiary alicyclic amines) is 1. The van der Waals surface area contributed by atoms with Gasteiger partial charge in [0, 0.05) is 25.4 Å². The van der Waals surface area contributed by atoms with Crippen LogP contribution in [0.1, 0.15) is 50.6 Å². The zero-order chi connectivity index (χ0) is 16.1. The standard InChI is InChI=1S/C15H25N5O2/c1-3-4-6-12(18-15(16)22)14(21)20-8-5-7-13(20)11-9-17-19(2)10-11/h9-10,12-13H,3-8H2,1-2H3,(H3,16,18,22)/t12-,13+/m0/s1. The first-order chi connectivity index (χ1) is 10.5. The molecule has 1 fully saturated rings. The van der Waals surface area contributed by atoms with Crippen molar-refractivity contribution in [1.82, 2.24) is 20.0 Å². The van der Waals surface area contributed by atoms with E-state index in [1.807, 2.05) is 18.1 Å². The van der Waals surface area contributed by atoms with Crippen molar-refractivity contribution in [2.24, 2.45) is 12.8 Å². The molecule has 3 amide bonds. The van der Waals surface area contributed by atoms with Gasteiger partial charge in [-0.1, -0.05) is 19.8 Å². The zero-order valence-corrected chi connectivity index (χ0v) is 13.3. The Morgan fingerprint density at radius 1 is 1.55 bits per heavy atom. The lowest BCUT2D eigenvalue weighted by Gasteiger charge is -2.28. The van der Waals surface area contributed by atoms with Crippen LogP contribution < -0.4 is 11.1 Å². The Morgan fingerprint density at radius 3 is 2.91 bits per heavy atom. The van der Waals surface area contributed by atoms with Crippen LogP contribution in [0.15, 0.2) is 12.4 Å². The highest BCUT2D eigenvalue weighted by Gasteiger charge is 2.34. The number of amides is 3. The lowest BCUT2D eigenvalue weighted by molar-refractivity contribution is -0.134. The van der Waals surface area contributed by atoms with Gasteiger partial charge in [-0.05, 0) is 19.3 Å². The Balaban J connectivity index is 2.11. The molecule has 1 aliphatic rings. The molecule has 0 saturated carbocycles. The summed E-state index contributed by atoms with van der Waals surface area (Å²) in [7, 11) is 1.86. The van der Waals surface area contributed by atoms with Gasteiger partial charge in [0.05, 0.1) is 12.2 Å². The van der Waals surface area contributed by atoms with E-state index in [0.717, 1.165) is 31.2 Å². The summed E-state index contributed by atoms with van der Waals surface area (Å²) >= 11 is 0. The molecular weight excluding hydrogens is 282 g/mol. The molecule has 0 spiro atoms. The predicted octanol–water partition coefficient (Wildman–Crippen LogP) is 1.31. The second-order valence-corrected chi connectivity index (χ2v) is 5.84. The largest absolute Gasteiger partial charge is 0.352 e. The normalized spacial score (nSPS) is 19.2. The van der Waals surface area contributed by atoms with Crippen molar-refractivity contribution >= 4 is 11.9 Å². The number of hydrogen-bond acceptors (Lipinski definition) is 3. The lowest BCUT2D eigenvalue weighted by Crippen LogP contribution is -2.49. The van der Waals surface area contributed by atoms with Crippen molar-refractivity contribution in [2.75, 3.05) is 6.54 Å². The van der Waals surface area contributed by atoms with E-state index in [9.17, 15) is 9.59 Å². The fraction of sp³-hybridized carbons (Fsp3) is 0.667. The molecule has 122 valence electrons. The van der Waals surface area contributed by atoms with Crippen LogP contribution in [0, 0.1) is 0 Å². The van der Waals surface area contributed by atoms with Crippen molar-refractivity contribution in [3.05, 3.63) is 18.0 Å². The number of aromatic nitrogens is 2. The average molecular weight is 307 g/mol. The van der Waals surface area contributed by atoms with Crippen LogP contribution in [0.4, 0.5) is 4.79 Å². The summed E-state index contributed by atoms with van der Waals surface area (Å²) in [5.41, 5.74) is 6.26. The Morgan fingerprint density at radius 2 is 2.32 bits per heavy atom. The van der Waals surface area contributed by atoms with Crippen molar-refractivity contribution in [3.8, 4) is 0 Å². The minimum atomic E-state index is -0.647. The minimum Gasteiger partial charge on any atom is -0.352 e. The van der Waals surface area contributed by atoms with E-state index in [1.54, 1.807) is 10.9 Å². The number of nitrogens with one attached hydrogen (secondary N) is 1. The summed E-state index contributed by atoms with van der Waals surface area (Å²) < 4.78 is 1.74. The maximum absolute atomic E-state index is 12.8. The Kier molecular flexibility index (Phi) is 5.41. The number of nitrogens with two attached hydrogens (primary N) is 1. The molecule has 1 aliphatic heterocycles. The third-order valence-corrected chi connectivity index (χ3v) is 4.11. The fourth-order valence-electron chi connectivity index (χ4n) is 3.03. The first-order valence-electron chi connectivity index (χ1n) is 7.88. The van der Waals surface area contributed by atoms with Crippen molar-refractivity contribution < 1.29 is 9.59 Å². The van der Waals surface area contributed by atoms with Crippen LogP contribution in [0.2, 0.25) is 0 Å². The number of carbonyl (C=O) groups excluding carboxylic acids is 2. The first kappa shape index (κ1) is 16.3. The van der Waals surface area contributed by atoms with Crippen LogP contribution in [0.25, 0.3) is 0 Å². The number of nitrogens with zero attached hydrogens (tertiary/aromatic N) is 3. The summed E-state index contributed by atoms with van der Waals surface area (Å²) in [5, 5.41) is 6.78. The molecule has 0 unspecified atom stereocenters. The van der Waals surface area contributed by atoms with E-state index in [1.165, 1.54) is 0 Å². The van der Waals surface area contributed by atoms with Gasteiger partial charge in [-0.3, -0.25) is 9.48 Å². The Labute approximate surface area is 130 Å². The molecule has 2 atom stereocenters. The Bertz CT molecular complexity index is 528. The second kappa shape index (κ2) is 7.29. The van der Waals surface area contributed by atoms with Gasteiger partial charge in [0.2, 0.25) is 5.91 Å². The molecule has 1 saturated heterocycles. The van der Waals surface area contributed by atoms with E-state index in [-0.39, 0.29) is 11.9 Å². The molecular formula is C15H25N5O2. The van der Waals surface area contributed by atoms with E-state index in [2.05, 4.69) is 17.3 Å². The van der Waals surface area contributed by atoms with Crippen molar-refractivity contribution in [1.29, 1.82) is 0 Å². The van der Waals surface area contributed by atoms with Crippen molar-refractivity contribution in [3.63, 3.8) is 0 Å². The van der Waals surface area contributed by atoms with Crippen LogP contribution in [0.5, 0.6) is 0 Å². The minimum absolute atomic E-state index is 0.0417. The second-order valence-electron chi connectivity index (χ2n) is 5.84. The quantitative estimate of drug-likeness (QED) is 0.829. The summed E-state index contributed by atoms with van der Waals surface area (Å²) in [6, 6.07) is -1.14. The summed E-state index contributed by atoms with van der Waals surface area (Å²) in [6.45, 7) is 2.77. The fourth-order valence-corrected chi connectivity index (χ4v) is 3.03. The Hall–Kier alpha value is -2.05. The molecule has 3 N–H and O–H groups in total. The third kappa shape index (κ3) is 3.78. The van der Waals surface area contributed by atoms with E-state index in [0.29, 0.717) is 13.0 Å². The van der Waals surface area contributed by atoms with Gasteiger partial charge in [0.1, 0.15) is 6.04 Å². The lowest BCUT2D eigenvalue weighted by atomic mass is 10.1. The molecule has 7 nitrogen and oxygen atoms in total. The zero-order valence-electron chi connectivity index (χ0n) is 13.3. The van der Waals surface area contributed by atoms with Gasteiger partial charge in [-0.15, -0.1) is 0 Å². The van der Waals surface area contributed by atoms with Crippen LogP contribution in [-0.4, -0.2) is 39.2 Å². The first-order valence-corrected chi connectivity index (χ1v) is 7.88. The number of hydrogen-bond donors (Lipinski definition) is 2.